The monoisotopic (exact) mass is 345 g/mol. The van der Waals surface area contributed by atoms with Gasteiger partial charge in [0.15, 0.2) is 0 Å². The van der Waals surface area contributed by atoms with Gasteiger partial charge in [0.05, 0.1) is 0 Å². The van der Waals surface area contributed by atoms with Crippen LogP contribution in [0.2, 0.25) is 0 Å². The third kappa shape index (κ3) is 14.1. The molecule has 0 atom stereocenters. The average molecular weight is 345 g/mol. The van der Waals surface area contributed by atoms with Crippen molar-refractivity contribution >= 4 is 19.7 Å². The number of carbonyl (C=O) groups is 2. The van der Waals surface area contributed by atoms with Crippen molar-refractivity contribution in [3.05, 3.63) is 78.9 Å². The molecule has 0 N–H and O–H groups in total. The van der Waals surface area contributed by atoms with Gasteiger partial charge >= 0.3 is 0 Å². The molecule has 1 aliphatic rings. The quantitative estimate of drug-likeness (QED) is 0.729. The molecule has 19 heavy (non-hydrogen) atoms. The number of benzene rings is 1. The number of rotatable bonds is 1. The molecule has 0 unspecified atom stereocenters. The van der Waals surface area contributed by atoms with Crippen LogP contribution in [0.25, 0.3) is 6.08 Å². The second-order valence-corrected chi connectivity index (χ2v) is 2.91. The van der Waals surface area contributed by atoms with Crippen LogP contribution in [0, 0.1) is 0 Å². The van der Waals surface area contributed by atoms with Crippen LogP contribution < -0.4 is 0 Å². The van der Waals surface area contributed by atoms with E-state index in [1.165, 1.54) is 5.56 Å². The Bertz CT molecular complexity index is 378. The first-order chi connectivity index (χ1) is 8.83. The van der Waals surface area contributed by atoms with E-state index in [4.69, 9.17) is 9.59 Å². The molecule has 2 rings (SSSR count). The van der Waals surface area contributed by atoms with Gasteiger partial charge in [0.25, 0.3) is 0 Å². The van der Waals surface area contributed by atoms with Gasteiger partial charge in [0, 0.05) is 19.5 Å². The number of hydrogen-bond donors (Lipinski definition) is 0. The Labute approximate surface area is 128 Å². The molecule has 0 saturated carbocycles. The van der Waals surface area contributed by atoms with Crippen molar-refractivity contribution < 1.29 is 29.1 Å². The summed E-state index contributed by atoms with van der Waals surface area (Å²) in [6, 6.07) is 10.0. The summed E-state index contributed by atoms with van der Waals surface area (Å²) in [4.78, 5) is 16.0. The minimum absolute atomic E-state index is 0. The standard InChI is InChI=1S/C8H8.C6H6.2CH2O.Rh/c1-2-8-6-4-3-5-7-8;1-6-4-2-3-5-6;2*1-2;/h2-7H,1H2;2-5H,1H2;2*1H2;. The minimum atomic E-state index is 0. The predicted molar refractivity (Wildman–Crippen MR) is 78.2 cm³/mol. The fraction of sp³-hybridized carbons (Fsp3) is 0. The van der Waals surface area contributed by atoms with Crippen molar-refractivity contribution in [2.24, 2.45) is 0 Å². The van der Waals surface area contributed by atoms with E-state index >= 15 is 0 Å². The van der Waals surface area contributed by atoms with Gasteiger partial charge < -0.3 is 9.59 Å². The Hall–Kier alpha value is -1.86. The van der Waals surface area contributed by atoms with Crippen LogP contribution in [-0.2, 0) is 29.1 Å². The summed E-state index contributed by atoms with van der Waals surface area (Å²) >= 11 is 0. The zero-order valence-electron chi connectivity index (χ0n) is 10.8. The number of hydrogen-bond acceptors (Lipinski definition) is 2. The summed E-state index contributed by atoms with van der Waals surface area (Å²) in [5, 5.41) is 0. The zero-order chi connectivity index (χ0) is 14.2. The molecule has 0 aliphatic heterocycles. The van der Waals surface area contributed by atoms with Crippen molar-refractivity contribution in [3.8, 4) is 0 Å². The van der Waals surface area contributed by atoms with E-state index in [2.05, 4.69) is 13.2 Å². The third-order valence-corrected chi connectivity index (χ3v) is 1.77. The fourth-order valence-corrected chi connectivity index (χ4v) is 1.00. The first-order valence-corrected chi connectivity index (χ1v) is 5.12. The Morgan fingerprint density at radius 2 is 1.26 bits per heavy atom. The molecule has 0 aromatic heterocycles. The average Bonchev–Trinajstić information content (AvgIpc) is 2.96. The fourth-order valence-electron chi connectivity index (χ4n) is 1.00. The topological polar surface area (TPSA) is 34.1 Å². The van der Waals surface area contributed by atoms with E-state index in [0.717, 1.165) is 5.57 Å². The first kappa shape index (κ1) is 22.3. The largest absolute Gasteiger partial charge is 0.307 e. The van der Waals surface area contributed by atoms with Crippen molar-refractivity contribution in [1.82, 2.24) is 0 Å². The second kappa shape index (κ2) is 18.5. The smallest absolute Gasteiger partial charge is 0.106 e. The Kier molecular flexibility index (Phi) is 21.8. The number of carbonyl (C=O) groups excluding carboxylic acids is 2. The third-order valence-electron chi connectivity index (χ3n) is 1.77. The Morgan fingerprint density at radius 1 is 0.842 bits per heavy atom. The van der Waals surface area contributed by atoms with Crippen molar-refractivity contribution in [1.29, 1.82) is 0 Å². The maximum absolute atomic E-state index is 8.00. The molecule has 0 amide bonds. The van der Waals surface area contributed by atoms with Crippen LogP contribution in [0.1, 0.15) is 5.56 Å². The summed E-state index contributed by atoms with van der Waals surface area (Å²) < 4.78 is 0. The second-order valence-electron chi connectivity index (χ2n) is 2.91. The van der Waals surface area contributed by atoms with Gasteiger partial charge in [-0.1, -0.05) is 73.9 Å². The van der Waals surface area contributed by atoms with Crippen LogP contribution in [0.4, 0.5) is 0 Å². The van der Waals surface area contributed by atoms with Crippen molar-refractivity contribution in [3.63, 3.8) is 0 Å². The van der Waals surface area contributed by atoms with Crippen LogP contribution in [0.3, 0.4) is 0 Å². The van der Waals surface area contributed by atoms with E-state index < -0.39 is 0 Å². The van der Waals surface area contributed by atoms with Gasteiger partial charge in [-0.3, -0.25) is 0 Å². The van der Waals surface area contributed by atoms with Crippen LogP contribution in [0.15, 0.2) is 73.4 Å². The molecule has 1 aromatic rings. The minimum Gasteiger partial charge on any atom is -0.307 e. The summed E-state index contributed by atoms with van der Waals surface area (Å²) in [6.07, 6.45) is 9.73. The summed E-state index contributed by atoms with van der Waals surface area (Å²) in [5.74, 6) is 0. The summed E-state index contributed by atoms with van der Waals surface area (Å²) in [5.41, 5.74) is 2.27. The summed E-state index contributed by atoms with van der Waals surface area (Å²) in [6.45, 7) is 11.3. The van der Waals surface area contributed by atoms with Crippen LogP contribution >= 0.6 is 0 Å². The van der Waals surface area contributed by atoms with Crippen LogP contribution in [0.5, 0.6) is 0 Å². The van der Waals surface area contributed by atoms with Gasteiger partial charge in [-0.05, 0) is 11.1 Å². The summed E-state index contributed by atoms with van der Waals surface area (Å²) in [7, 11) is 0. The molecule has 2 nitrogen and oxygen atoms in total. The Balaban J connectivity index is -0.000000209. The molecule has 3 heteroatoms. The van der Waals surface area contributed by atoms with Crippen LogP contribution in [-0.4, -0.2) is 13.6 Å². The number of allylic oxidation sites excluding steroid dienone is 5. The van der Waals surface area contributed by atoms with Gasteiger partial charge in [-0.2, -0.15) is 0 Å². The molecular formula is C16H18O2Rh. The molecule has 0 heterocycles. The predicted octanol–water partition coefficient (Wildman–Crippen LogP) is 3.63. The van der Waals surface area contributed by atoms with Crippen molar-refractivity contribution in [2.75, 3.05) is 0 Å². The normalized spacial score (nSPS) is 9.37. The van der Waals surface area contributed by atoms with Gasteiger partial charge in [-0.15, -0.1) is 0 Å². The van der Waals surface area contributed by atoms with E-state index in [-0.39, 0.29) is 19.5 Å². The van der Waals surface area contributed by atoms with E-state index in [9.17, 15) is 0 Å². The Morgan fingerprint density at radius 3 is 1.47 bits per heavy atom. The van der Waals surface area contributed by atoms with Crippen molar-refractivity contribution in [2.45, 2.75) is 0 Å². The molecule has 0 saturated heterocycles. The van der Waals surface area contributed by atoms with E-state index in [1.807, 2.05) is 74.3 Å². The zero-order valence-corrected chi connectivity index (χ0v) is 12.4. The molecule has 0 fully saturated rings. The maximum atomic E-state index is 8.00. The van der Waals surface area contributed by atoms with Gasteiger partial charge in [0.1, 0.15) is 13.6 Å². The molecule has 103 valence electrons. The van der Waals surface area contributed by atoms with E-state index in [1.54, 1.807) is 0 Å². The van der Waals surface area contributed by atoms with Gasteiger partial charge in [0.2, 0.25) is 0 Å². The SMILES string of the molecule is C=C1C=CC=C1.C=Cc1ccccc1.C=O.C=O.[Rh]. The molecule has 0 bridgehead atoms. The molecular weight excluding hydrogens is 327 g/mol. The first-order valence-electron chi connectivity index (χ1n) is 5.12. The van der Waals surface area contributed by atoms with Gasteiger partial charge in [-0.25, -0.2) is 0 Å². The molecule has 1 aliphatic carbocycles. The maximum Gasteiger partial charge on any atom is 0.106 e. The molecule has 1 aromatic carbocycles. The molecule has 1 radical (unpaired) electrons. The molecule has 0 spiro atoms. The van der Waals surface area contributed by atoms with E-state index in [0.29, 0.717) is 0 Å².